The third kappa shape index (κ3) is 3.02. The zero-order valence-corrected chi connectivity index (χ0v) is 18.9. The standard InChI is InChI=1S/C25H41NO4/c1-23-11-8-17(27)16-25(23,29)13-9-18-19(23)10-12-24(2)20(18)6-5-14-26(24)22(28)21-7-3-4-15-30-21/h17-21,27,29H,3-16H2,1-2H3/t17-,18+,19-,20-,21+,23+,24-,25+/m0/s1. The molecule has 5 rings (SSSR count). The van der Waals surface area contributed by atoms with Crippen molar-refractivity contribution in [1.82, 2.24) is 4.90 Å². The van der Waals surface area contributed by atoms with Gasteiger partial charge < -0.3 is 19.8 Å². The van der Waals surface area contributed by atoms with E-state index < -0.39 is 5.60 Å². The molecule has 3 aliphatic carbocycles. The van der Waals surface area contributed by atoms with Crippen molar-refractivity contribution in [2.45, 2.75) is 114 Å². The Bertz CT molecular complexity index is 678. The molecule has 5 aliphatic rings. The number of amides is 1. The van der Waals surface area contributed by atoms with E-state index in [2.05, 4.69) is 18.7 Å². The minimum Gasteiger partial charge on any atom is -0.393 e. The highest BCUT2D eigenvalue weighted by Gasteiger charge is 2.64. The number of carbonyl (C=O) groups excluding carboxylic acids is 1. The Morgan fingerprint density at radius 1 is 0.967 bits per heavy atom. The van der Waals surface area contributed by atoms with Crippen molar-refractivity contribution in [2.75, 3.05) is 13.2 Å². The molecule has 5 nitrogen and oxygen atoms in total. The Balaban J connectivity index is 1.40. The number of ether oxygens (including phenoxy) is 1. The molecule has 170 valence electrons. The van der Waals surface area contributed by atoms with E-state index in [0.29, 0.717) is 24.2 Å². The van der Waals surface area contributed by atoms with Gasteiger partial charge in [-0.15, -0.1) is 0 Å². The van der Waals surface area contributed by atoms with Crippen LogP contribution in [0.5, 0.6) is 0 Å². The van der Waals surface area contributed by atoms with Gasteiger partial charge in [0.1, 0.15) is 6.10 Å². The van der Waals surface area contributed by atoms with Gasteiger partial charge in [0, 0.05) is 25.1 Å². The molecule has 2 N–H and O–H groups in total. The lowest BCUT2D eigenvalue weighted by Gasteiger charge is -2.66. The van der Waals surface area contributed by atoms with Crippen LogP contribution in [-0.4, -0.2) is 57.5 Å². The van der Waals surface area contributed by atoms with Crippen LogP contribution in [-0.2, 0) is 9.53 Å². The monoisotopic (exact) mass is 419 g/mol. The summed E-state index contributed by atoms with van der Waals surface area (Å²) in [5.74, 6) is 1.83. The van der Waals surface area contributed by atoms with E-state index in [4.69, 9.17) is 4.74 Å². The second kappa shape index (κ2) is 7.45. The summed E-state index contributed by atoms with van der Waals surface area (Å²) >= 11 is 0. The van der Waals surface area contributed by atoms with Gasteiger partial charge in [-0.05, 0) is 101 Å². The first kappa shape index (κ1) is 21.2. The molecular weight excluding hydrogens is 378 g/mol. The number of aliphatic hydroxyl groups excluding tert-OH is 1. The summed E-state index contributed by atoms with van der Waals surface area (Å²) in [6.45, 7) is 6.25. The fourth-order valence-electron chi connectivity index (χ4n) is 8.59. The lowest BCUT2D eigenvalue weighted by Crippen LogP contribution is -2.68. The molecule has 5 heteroatoms. The van der Waals surface area contributed by atoms with Crippen LogP contribution in [0.2, 0.25) is 0 Å². The molecule has 2 saturated heterocycles. The average Bonchev–Trinajstić information content (AvgIpc) is 2.74. The average molecular weight is 420 g/mol. The number of aliphatic hydroxyl groups is 2. The van der Waals surface area contributed by atoms with Crippen LogP contribution in [0.25, 0.3) is 0 Å². The Labute approximate surface area is 181 Å². The normalized spacial score (nSPS) is 51.5. The molecular formula is C25H41NO4. The highest BCUT2D eigenvalue weighted by molar-refractivity contribution is 5.82. The molecule has 0 unspecified atom stereocenters. The molecule has 0 aromatic heterocycles. The molecule has 2 heterocycles. The number of carbonyl (C=O) groups is 1. The molecule has 0 spiro atoms. The van der Waals surface area contributed by atoms with Crippen LogP contribution < -0.4 is 0 Å². The molecule has 0 aromatic carbocycles. The summed E-state index contributed by atoms with van der Waals surface area (Å²) in [5.41, 5.74) is -0.897. The van der Waals surface area contributed by atoms with Gasteiger partial charge in [0.05, 0.1) is 11.7 Å². The number of likely N-dealkylation sites (tertiary alicyclic amines) is 1. The highest BCUT2D eigenvalue weighted by atomic mass is 16.5. The summed E-state index contributed by atoms with van der Waals surface area (Å²) < 4.78 is 5.89. The largest absolute Gasteiger partial charge is 0.393 e. The van der Waals surface area contributed by atoms with Crippen LogP contribution in [0, 0.1) is 23.2 Å². The second-order valence-corrected chi connectivity index (χ2v) is 11.6. The van der Waals surface area contributed by atoms with Gasteiger partial charge in [0.2, 0.25) is 0 Å². The maximum absolute atomic E-state index is 13.5. The van der Waals surface area contributed by atoms with Crippen molar-refractivity contribution in [3.05, 3.63) is 0 Å². The third-order valence-electron chi connectivity index (χ3n) is 10.4. The Morgan fingerprint density at radius 3 is 2.57 bits per heavy atom. The second-order valence-electron chi connectivity index (χ2n) is 11.6. The molecule has 5 fully saturated rings. The molecule has 0 radical (unpaired) electrons. The van der Waals surface area contributed by atoms with Gasteiger partial charge in [-0.3, -0.25) is 4.79 Å². The van der Waals surface area contributed by atoms with E-state index >= 15 is 0 Å². The minimum absolute atomic E-state index is 0.0721. The van der Waals surface area contributed by atoms with Crippen LogP contribution in [0.1, 0.15) is 90.9 Å². The predicted molar refractivity (Wildman–Crippen MR) is 115 cm³/mol. The predicted octanol–water partition coefficient (Wildman–Crippen LogP) is 3.66. The molecule has 0 bridgehead atoms. The van der Waals surface area contributed by atoms with Crippen molar-refractivity contribution in [3.63, 3.8) is 0 Å². The highest BCUT2D eigenvalue weighted by Crippen LogP contribution is 2.64. The van der Waals surface area contributed by atoms with E-state index in [-0.39, 0.29) is 29.1 Å². The molecule has 3 saturated carbocycles. The number of fused-ring (bicyclic) bond motifs is 5. The quantitative estimate of drug-likeness (QED) is 0.681. The number of hydrogen-bond donors (Lipinski definition) is 2. The Kier molecular flexibility index (Phi) is 5.27. The first-order valence-corrected chi connectivity index (χ1v) is 12.6. The van der Waals surface area contributed by atoms with E-state index in [1.165, 1.54) is 6.42 Å². The zero-order valence-electron chi connectivity index (χ0n) is 18.9. The van der Waals surface area contributed by atoms with Crippen LogP contribution >= 0.6 is 0 Å². The van der Waals surface area contributed by atoms with E-state index in [0.717, 1.165) is 77.4 Å². The van der Waals surface area contributed by atoms with E-state index in [1.54, 1.807) is 0 Å². The summed E-state index contributed by atoms with van der Waals surface area (Å²) in [4.78, 5) is 15.7. The number of nitrogens with zero attached hydrogens (tertiary/aromatic N) is 1. The molecule has 8 atom stereocenters. The van der Waals surface area contributed by atoms with Gasteiger partial charge in [-0.1, -0.05) is 6.92 Å². The van der Waals surface area contributed by atoms with Crippen LogP contribution in [0.15, 0.2) is 0 Å². The zero-order chi connectivity index (χ0) is 21.1. The number of piperidine rings is 1. The third-order valence-corrected chi connectivity index (χ3v) is 10.4. The smallest absolute Gasteiger partial charge is 0.252 e. The summed E-state index contributed by atoms with van der Waals surface area (Å²) in [5, 5.41) is 21.8. The maximum atomic E-state index is 13.5. The molecule has 1 amide bonds. The van der Waals surface area contributed by atoms with Gasteiger partial charge in [0.15, 0.2) is 0 Å². The lowest BCUT2D eigenvalue weighted by molar-refractivity contribution is -0.227. The number of rotatable bonds is 1. The van der Waals surface area contributed by atoms with Crippen molar-refractivity contribution < 1.29 is 19.7 Å². The Hall–Kier alpha value is -0.650. The van der Waals surface area contributed by atoms with Gasteiger partial charge in [0.25, 0.3) is 5.91 Å². The first-order chi connectivity index (χ1) is 14.3. The molecule has 2 aliphatic heterocycles. The van der Waals surface area contributed by atoms with Gasteiger partial charge >= 0.3 is 0 Å². The summed E-state index contributed by atoms with van der Waals surface area (Å²) in [6, 6.07) is 0. The fourth-order valence-corrected chi connectivity index (χ4v) is 8.59. The van der Waals surface area contributed by atoms with Crippen molar-refractivity contribution in [3.8, 4) is 0 Å². The van der Waals surface area contributed by atoms with Crippen molar-refractivity contribution in [2.24, 2.45) is 23.2 Å². The summed E-state index contributed by atoms with van der Waals surface area (Å²) in [7, 11) is 0. The van der Waals surface area contributed by atoms with Crippen LogP contribution in [0.4, 0.5) is 0 Å². The van der Waals surface area contributed by atoms with E-state index in [1.807, 2.05) is 0 Å². The summed E-state index contributed by atoms with van der Waals surface area (Å²) in [6.07, 6.45) is 11.0. The Morgan fingerprint density at radius 2 is 1.80 bits per heavy atom. The van der Waals surface area contributed by atoms with Crippen molar-refractivity contribution >= 4 is 5.91 Å². The van der Waals surface area contributed by atoms with E-state index in [9.17, 15) is 15.0 Å². The SMILES string of the molecule is C[C@]12CC[C@H]3[C@@H](CC[C@@]4(O)C[C@@H](O)CC[C@]34C)[C@@H]1CCCN2C(=O)[C@H]1CCCCO1. The first-order valence-electron chi connectivity index (χ1n) is 12.6. The fraction of sp³-hybridized carbons (Fsp3) is 0.960. The number of hydrogen-bond acceptors (Lipinski definition) is 4. The lowest BCUT2D eigenvalue weighted by atomic mass is 9.43. The van der Waals surface area contributed by atoms with Crippen LogP contribution in [0.3, 0.4) is 0 Å². The molecule has 0 aromatic rings. The molecule has 30 heavy (non-hydrogen) atoms. The van der Waals surface area contributed by atoms with Gasteiger partial charge in [-0.2, -0.15) is 0 Å². The minimum atomic E-state index is -0.723. The van der Waals surface area contributed by atoms with Gasteiger partial charge in [-0.25, -0.2) is 0 Å². The van der Waals surface area contributed by atoms with Crippen molar-refractivity contribution in [1.29, 1.82) is 0 Å². The topological polar surface area (TPSA) is 70.0 Å². The maximum Gasteiger partial charge on any atom is 0.252 e.